The van der Waals surface area contributed by atoms with Crippen molar-refractivity contribution in [1.82, 2.24) is 0 Å². The van der Waals surface area contributed by atoms with E-state index in [2.05, 4.69) is 47.3 Å². The topological polar surface area (TPSA) is 120 Å². The molecule has 1 saturated heterocycles. The zero-order valence-electron chi connectivity index (χ0n) is 26.1. The molecule has 234 valence electrons. The molecule has 1 heterocycles. The summed E-state index contributed by atoms with van der Waals surface area (Å²) in [4.78, 5) is 0. The molecule has 15 atom stereocenters. The molecule has 41 heavy (non-hydrogen) atoms. The SMILES string of the molecule is C=C(CCC(C)C1C(O)CC2C3CC=C4CC(OC5OC(C)C(O)C(O)C5O)CCC4(C)C3C(O)CC21C)C(C)C. The highest BCUT2D eigenvalue weighted by molar-refractivity contribution is 5.27. The molecule has 3 saturated carbocycles. The predicted molar refractivity (Wildman–Crippen MR) is 158 cm³/mol. The highest BCUT2D eigenvalue weighted by Gasteiger charge is 2.64. The lowest BCUT2D eigenvalue weighted by Crippen LogP contribution is -2.59. The van der Waals surface area contributed by atoms with Crippen molar-refractivity contribution in [3.8, 4) is 0 Å². The van der Waals surface area contributed by atoms with Crippen LogP contribution in [0.15, 0.2) is 23.8 Å². The lowest BCUT2D eigenvalue weighted by molar-refractivity contribution is -0.306. The van der Waals surface area contributed by atoms with Gasteiger partial charge in [0.25, 0.3) is 0 Å². The normalized spacial score (nSPS) is 50.5. The summed E-state index contributed by atoms with van der Waals surface area (Å²) in [5, 5.41) is 54.1. The van der Waals surface area contributed by atoms with Crippen molar-refractivity contribution in [2.45, 2.75) is 142 Å². The van der Waals surface area contributed by atoms with E-state index in [9.17, 15) is 25.5 Å². The highest BCUT2D eigenvalue weighted by atomic mass is 16.7. The second-order valence-electron chi connectivity index (χ2n) is 15.3. The van der Waals surface area contributed by atoms with Crippen LogP contribution in [0, 0.1) is 46.3 Å². The summed E-state index contributed by atoms with van der Waals surface area (Å²) in [6.45, 7) is 17.3. The number of rotatable bonds is 7. The van der Waals surface area contributed by atoms with Gasteiger partial charge in [-0.05, 0) is 105 Å². The minimum Gasteiger partial charge on any atom is -0.393 e. The van der Waals surface area contributed by atoms with Crippen LogP contribution in [0.4, 0.5) is 0 Å². The van der Waals surface area contributed by atoms with Gasteiger partial charge in [-0.2, -0.15) is 0 Å². The first kappa shape index (κ1) is 31.6. The van der Waals surface area contributed by atoms with Gasteiger partial charge in [-0.3, -0.25) is 0 Å². The molecule has 4 aliphatic carbocycles. The van der Waals surface area contributed by atoms with Crippen molar-refractivity contribution < 1.29 is 35.0 Å². The molecule has 0 aromatic heterocycles. The maximum atomic E-state index is 11.9. The van der Waals surface area contributed by atoms with Crippen LogP contribution in [0.2, 0.25) is 0 Å². The molecule has 5 N–H and O–H groups in total. The largest absolute Gasteiger partial charge is 0.393 e. The summed E-state index contributed by atoms with van der Waals surface area (Å²) in [6.07, 6.45) is 2.93. The summed E-state index contributed by atoms with van der Waals surface area (Å²) in [6, 6.07) is 0. The van der Waals surface area contributed by atoms with E-state index in [1.165, 1.54) is 11.1 Å². The fourth-order valence-corrected chi connectivity index (χ4v) is 10.2. The van der Waals surface area contributed by atoms with Gasteiger partial charge in [-0.15, -0.1) is 0 Å². The van der Waals surface area contributed by atoms with Gasteiger partial charge in [0.1, 0.15) is 18.3 Å². The van der Waals surface area contributed by atoms with Gasteiger partial charge in [-0.1, -0.05) is 58.4 Å². The van der Waals surface area contributed by atoms with Crippen LogP contribution in [0.3, 0.4) is 0 Å². The predicted octanol–water partition coefficient (Wildman–Crippen LogP) is 4.35. The van der Waals surface area contributed by atoms with Crippen LogP contribution in [0.5, 0.6) is 0 Å². The maximum Gasteiger partial charge on any atom is 0.186 e. The van der Waals surface area contributed by atoms with Gasteiger partial charge in [0.05, 0.1) is 24.4 Å². The van der Waals surface area contributed by atoms with E-state index in [-0.39, 0.29) is 34.9 Å². The number of hydrogen-bond acceptors (Lipinski definition) is 7. The molecule has 0 amide bonds. The van der Waals surface area contributed by atoms with Crippen LogP contribution in [-0.2, 0) is 9.47 Å². The molecule has 0 radical (unpaired) electrons. The van der Waals surface area contributed by atoms with E-state index in [0.29, 0.717) is 30.1 Å². The van der Waals surface area contributed by atoms with E-state index < -0.39 is 36.8 Å². The first-order valence-electron chi connectivity index (χ1n) is 16.3. The second kappa shape index (κ2) is 11.6. The molecule has 7 nitrogen and oxygen atoms in total. The molecular weight excluding hydrogens is 520 g/mol. The minimum atomic E-state index is -1.30. The maximum absolute atomic E-state index is 11.9. The number of fused-ring (bicyclic) bond motifs is 5. The first-order chi connectivity index (χ1) is 19.2. The van der Waals surface area contributed by atoms with Crippen LogP contribution in [-0.4, -0.2) is 74.6 Å². The summed E-state index contributed by atoms with van der Waals surface area (Å²) in [5.74, 6) is 1.91. The van der Waals surface area contributed by atoms with E-state index in [1.807, 2.05) is 0 Å². The van der Waals surface area contributed by atoms with Gasteiger partial charge in [0.15, 0.2) is 6.29 Å². The lowest BCUT2D eigenvalue weighted by Gasteiger charge is -2.60. The molecule has 0 spiro atoms. The second-order valence-corrected chi connectivity index (χ2v) is 15.3. The molecule has 0 aromatic rings. The van der Waals surface area contributed by atoms with Crippen molar-refractivity contribution in [2.75, 3.05) is 0 Å². The van der Waals surface area contributed by atoms with E-state index >= 15 is 0 Å². The van der Waals surface area contributed by atoms with Crippen LogP contribution < -0.4 is 0 Å². The van der Waals surface area contributed by atoms with Crippen molar-refractivity contribution >= 4 is 0 Å². The first-order valence-corrected chi connectivity index (χ1v) is 16.3. The zero-order valence-corrected chi connectivity index (χ0v) is 26.1. The number of allylic oxidation sites excluding steroid dienone is 2. The van der Waals surface area contributed by atoms with E-state index in [0.717, 1.165) is 44.9 Å². The standard InChI is InChI=1S/C34H56O7/c1-17(2)18(3)8-9-19(4)27-25(35)15-24-23-11-10-21-14-22(41-32-31(39)30(38)29(37)20(5)40-32)12-13-33(21,6)28(23)26(36)16-34(24,27)7/h10,17,19-20,22-32,35-39H,3,8-9,11-16H2,1-2,4-7H3. The lowest BCUT2D eigenvalue weighted by atomic mass is 9.46. The summed E-state index contributed by atoms with van der Waals surface area (Å²) in [5.41, 5.74) is 2.37. The van der Waals surface area contributed by atoms with E-state index in [4.69, 9.17) is 9.47 Å². The average molecular weight is 577 g/mol. The van der Waals surface area contributed by atoms with Gasteiger partial charge in [-0.25, -0.2) is 0 Å². The molecular formula is C34H56O7. The molecule has 4 fully saturated rings. The fraction of sp³-hybridized carbons (Fsp3) is 0.882. The molecule has 1 aliphatic heterocycles. The Balaban J connectivity index is 1.30. The smallest absolute Gasteiger partial charge is 0.186 e. The Hall–Kier alpha value is -0.800. The van der Waals surface area contributed by atoms with Crippen molar-refractivity contribution in [3.63, 3.8) is 0 Å². The Morgan fingerprint density at radius 3 is 2.46 bits per heavy atom. The number of aliphatic hydroxyl groups is 5. The molecule has 5 aliphatic rings. The number of hydrogen-bond donors (Lipinski definition) is 5. The Labute approximate surface area is 247 Å². The summed E-state index contributed by atoms with van der Waals surface area (Å²) in [7, 11) is 0. The van der Waals surface area contributed by atoms with Crippen LogP contribution in [0.1, 0.15) is 92.9 Å². The molecule has 7 heteroatoms. The average Bonchev–Trinajstić information content (AvgIpc) is 3.18. The molecule has 0 bridgehead atoms. The van der Waals surface area contributed by atoms with Gasteiger partial charge in [0.2, 0.25) is 0 Å². The third kappa shape index (κ3) is 5.40. The van der Waals surface area contributed by atoms with Crippen LogP contribution >= 0.6 is 0 Å². The zero-order chi connectivity index (χ0) is 30.0. The Kier molecular flexibility index (Phi) is 8.95. The third-order valence-corrected chi connectivity index (χ3v) is 12.6. The Morgan fingerprint density at radius 1 is 1.07 bits per heavy atom. The third-order valence-electron chi connectivity index (χ3n) is 12.6. The quantitative estimate of drug-likeness (QED) is 0.286. The minimum absolute atomic E-state index is 0.0862. The van der Waals surface area contributed by atoms with E-state index in [1.54, 1.807) is 6.92 Å². The summed E-state index contributed by atoms with van der Waals surface area (Å²) < 4.78 is 11.9. The Morgan fingerprint density at radius 2 is 1.78 bits per heavy atom. The molecule has 5 rings (SSSR count). The van der Waals surface area contributed by atoms with Crippen molar-refractivity contribution in [2.24, 2.45) is 46.3 Å². The molecule has 15 unspecified atom stereocenters. The van der Waals surface area contributed by atoms with Gasteiger partial charge < -0.3 is 35.0 Å². The summed E-state index contributed by atoms with van der Waals surface area (Å²) >= 11 is 0. The number of aliphatic hydroxyl groups excluding tert-OH is 5. The highest BCUT2D eigenvalue weighted by Crippen LogP contribution is 2.67. The molecule has 0 aromatic carbocycles. The van der Waals surface area contributed by atoms with Crippen molar-refractivity contribution in [1.29, 1.82) is 0 Å². The van der Waals surface area contributed by atoms with Crippen LogP contribution in [0.25, 0.3) is 0 Å². The Bertz CT molecular complexity index is 996. The fourth-order valence-electron chi connectivity index (χ4n) is 10.2. The van der Waals surface area contributed by atoms with Crippen molar-refractivity contribution in [3.05, 3.63) is 23.8 Å². The van der Waals surface area contributed by atoms with Gasteiger partial charge >= 0.3 is 0 Å². The van der Waals surface area contributed by atoms with Gasteiger partial charge in [0, 0.05) is 0 Å². The monoisotopic (exact) mass is 576 g/mol. The number of ether oxygens (including phenoxy) is 2.